The number of amides is 1. The third-order valence-electron chi connectivity index (χ3n) is 5.14. The number of fused-ring (bicyclic) bond motifs is 1. The van der Waals surface area contributed by atoms with Crippen LogP contribution in [0.2, 0.25) is 0 Å². The van der Waals surface area contributed by atoms with E-state index in [0.717, 1.165) is 27.6 Å². The summed E-state index contributed by atoms with van der Waals surface area (Å²) >= 11 is 0. The first-order valence-corrected chi connectivity index (χ1v) is 9.67. The Morgan fingerprint density at radius 2 is 1.73 bits per heavy atom. The lowest BCUT2D eigenvalue weighted by molar-refractivity contribution is 0.0934. The van der Waals surface area contributed by atoms with Gasteiger partial charge in [0, 0.05) is 5.56 Å². The predicted molar refractivity (Wildman–Crippen MR) is 117 cm³/mol. The molecule has 0 aliphatic heterocycles. The van der Waals surface area contributed by atoms with E-state index < -0.39 is 0 Å². The molecule has 0 spiro atoms. The van der Waals surface area contributed by atoms with Crippen LogP contribution >= 0.6 is 0 Å². The van der Waals surface area contributed by atoms with Crippen molar-refractivity contribution in [2.75, 3.05) is 14.2 Å². The number of hydrogen-bond donors (Lipinski definition) is 2. The van der Waals surface area contributed by atoms with Gasteiger partial charge in [-0.1, -0.05) is 48.5 Å². The van der Waals surface area contributed by atoms with E-state index in [1.165, 1.54) is 0 Å². The van der Waals surface area contributed by atoms with Gasteiger partial charge in [0.05, 0.1) is 26.0 Å². The number of aromatic nitrogens is 2. The molecule has 6 heteroatoms. The molecule has 30 heavy (non-hydrogen) atoms. The molecule has 1 atom stereocenters. The molecule has 1 heterocycles. The van der Waals surface area contributed by atoms with Crippen LogP contribution in [-0.4, -0.2) is 30.3 Å². The van der Waals surface area contributed by atoms with Crippen molar-refractivity contribution in [2.45, 2.75) is 13.0 Å². The highest BCUT2D eigenvalue weighted by Gasteiger charge is 2.17. The van der Waals surface area contributed by atoms with Gasteiger partial charge in [-0.25, -0.2) is 0 Å². The smallest absolute Gasteiger partial charge is 0.269 e. The van der Waals surface area contributed by atoms with E-state index in [9.17, 15) is 4.79 Å². The van der Waals surface area contributed by atoms with Crippen molar-refractivity contribution in [1.82, 2.24) is 15.5 Å². The molecule has 4 rings (SSSR count). The summed E-state index contributed by atoms with van der Waals surface area (Å²) < 4.78 is 10.6. The number of hydrogen-bond acceptors (Lipinski definition) is 4. The topological polar surface area (TPSA) is 76.2 Å². The number of methoxy groups -OCH3 is 2. The average Bonchev–Trinajstić information content (AvgIpc) is 3.28. The fourth-order valence-electron chi connectivity index (χ4n) is 3.50. The maximum atomic E-state index is 12.8. The Morgan fingerprint density at radius 3 is 2.53 bits per heavy atom. The number of rotatable bonds is 6. The van der Waals surface area contributed by atoms with Gasteiger partial charge in [0.25, 0.3) is 5.91 Å². The van der Waals surface area contributed by atoms with Gasteiger partial charge in [0.1, 0.15) is 5.69 Å². The summed E-state index contributed by atoms with van der Waals surface area (Å²) in [6, 6.07) is 21.3. The first-order valence-electron chi connectivity index (χ1n) is 9.67. The van der Waals surface area contributed by atoms with Crippen LogP contribution < -0.4 is 14.8 Å². The van der Waals surface area contributed by atoms with Crippen molar-refractivity contribution < 1.29 is 14.3 Å². The Morgan fingerprint density at radius 1 is 0.967 bits per heavy atom. The van der Waals surface area contributed by atoms with Crippen LogP contribution in [0.1, 0.15) is 29.0 Å². The number of nitrogens with one attached hydrogen (secondary N) is 2. The molecule has 0 aliphatic rings. The van der Waals surface area contributed by atoms with E-state index in [1.54, 1.807) is 20.3 Å². The summed E-state index contributed by atoms with van der Waals surface area (Å²) in [5.41, 5.74) is 3.03. The standard InChI is InChI=1S/C24H23N3O3/c1-15(17-11-12-22(29-2)23(13-17)30-3)25-24(28)21-14-20(26-27-21)19-10-6-8-16-7-4-5-9-18(16)19/h4-15H,1-3H3,(H,25,28)(H,26,27)/t15-/m0/s1. The van der Waals surface area contributed by atoms with Crippen molar-refractivity contribution in [2.24, 2.45) is 0 Å². The summed E-state index contributed by atoms with van der Waals surface area (Å²) in [5.74, 6) is 1.04. The summed E-state index contributed by atoms with van der Waals surface area (Å²) in [7, 11) is 3.18. The maximum Gasteiger partial charge on any atom is 0.269 e. The Labute approximate surface area is 174 Å². The van der Waals surface area contributed by atoms with Gasteiger partial charge in [-0.15, -0.1) is 0 Å². The van der Waals surface area contributed by atoms with E-state index in [2.05, 4.69) is 33.7 Å². The second kappa shape index (κ2) is 8.29. The van der Waals surface area contributed by atoms with Gasteiger partial charge >= 0.3 is 0 Å². The normalized spacial score (nSPS) is 11.8. The van der Waals surface area contributed by atoms with Gasteiger partial charge in [0.15, 0.2) is 11.5 Å². The second-order valence-electron chi connectivity index (χ2n) is 7.00. The zero-order valence-electron chi connectivity index (χ0n) is 17.1. The lowest BCUT2D eigenvalue weighted by atomic mass is 10.0. The van der Waals surface area contributed by atoms with Gasteiger partial charge in [0.2, 0.25) is 0 Å². The summed E-state index contributed by atoms with van der Waals surface area (Å²) in [6.45, 7) is 1.92. The van der Waals surface area contributed by atoms with E-state index >= 15 is 0 Å². The minimum absolute atomic E-state index is 0.221. The molecule has 152 valence electrons. The van der Waals surface area contributed by atoms with Crippen LogP contribution in [-0.2, 0) is 0 Å². The molecule has 3 aromatic carbocycles. The fraction of sp³-hybridized carbons (Fsp3) is 0.167. The minimum atomic E-state index is -0.226. The highest BCUT2D eigenvalue weighted by molar-refractivity contribution is 5.98. The molecular weight excluding hydrogens is 378 g/mol. The van der Waals surface area contributed by atoms with Crippen molar-refractivity contribution >= 4 is 16.7 Å². The third kappa shape index (κ3) is 3.72. The predicted octanol–water partition coefficient (Wildman–Crippen LogP) is 4.74. The SMILES string of the molecule is COc1ccc([C@H](C)NC(=O)c2cc(-c3cccc4ccccc34)n[nH]2)cc1OC. The average molecular weight is 401 g/mol. The molecule has 1 aromatic heterocycles. The number of carbonyl (C=O) groups excluding carboxylic acids is 1. The number of nitrogens with zero attached hydrogens (tertiary/aromatic N) is 1. The lowest BCUT2D eigenvalue weighted by Crippen LogP contribution is -2.27. The van der Waals surface area contributed by atoms with Crippen molar-refractivity contribution in [1.29, 1.82) is 0 Å². The molecule has 2 N–H and O–H groups in total. The van der Waals surface area contributed by atoms with Crippen molar-refractivity contribution in [3.05, 3.63) is 78.0 Å². The zero-order chi connectivity index (χ0) is 21.1. The minimum Gasteiger partial charge on any atom is -0.493 e. The summed E-state index contributed by atoms with van der Waals surface area (Å²) in [5, 5.41) is 12.4. The lowest BCUT2D eigenvalue weighted by Gasteiger charge is -2.16. The number of aromatic amines is 1. The first-order chi connectivity index (χ1) is 14.6. The van der Waals surface area contributed by atoms with Gasteiger partial charge < -0.3 is 14.8 Å². The van der Waals surface area contributed by atoms with E-state index in [0.29, 0.717) is 17.2 Å². The van der Waals surface area contributed by atoms with Crippen LogP contribution in [0.5, 0.6) is 11.5 Å². The second-order valence-corrected chi connectivity index (χ2v) is 7.00. The van der Waals surface area contributed by atoms with Crippen LogP contribution in [0.25, 0.3) is 22.0 Å². The summed E-state index contributed by atoms with van der Waals surface area (Å²) in [4.78, 5) is 12.8. The molecule has 0 radical (unpaired) electrons. The molecule has 0 saturated carbocycles. The molecule has 0 fully saturated rings. The molecule has 1 amide bonds. The Bertz CT molecular complexity index is 1190. The molecule has 0 aliphatic carbocycles. The van der Waals surface area contributed by atoms with E-state index in [1.807, 2.05) is 49.4 Å². The zero-order valence-corrected chi connectivity index (χ0v) is 17.1. The Balaban J connectivity index is 1.54. The number of carbonyl (C=O) groups is 1. The third-order valence-corrected chi connectivity index (χ3v) is 5.14. The first kappa shape index (κ1) is 19.5. The highest BCUT2D eigenvalue weighted by atomic mass is 16.5. The monoisotopic (exact) mass is 401 g/mol. The number of H-pyrrole nitrogens is 1. The van der Waals surface area contributed by atoms with Gasteiger partial charge in [-0.05, 0) is 41.5 Å². The van der Waals surface area contributed by atoms with E-state index in [-0.39, 0.29) is 11.9 Å². The number of ether oxygens (including phenoxy) is 2. The van der Waals surface area contributed by atoms with Crippen LogP contribution in [0.3, 0.4) is 0 Å². The van der Waals surface area contributed by atoms with Gasteiger partial charge in [-0.2, -0.15) is 5.10 Å². The highest BCUT2D eigenvalue weighted by Crippen LogP contribution is 2.30. The Kier molecular flexibility index (Phi) is 5.39. The molecule has 6 nitrogen and oxygen atoms in total. The fourth-order valence-corrected chi connectivity index (χ4v) is 3.50. The van der Waals surface area contributed by atoms with Crippen molar-refractivity contribution in [3.8, 4) is 22.8 Å². The van der Waals surface area contributed by atoms with Crippen LogP contribution in [0, 0.1) is 0 Å². The molecule has 0 unspecified atom stereocenters. The molecule has 4 aromatic rings. The van der Waals surface area contributed by atoms with Crippen LogP contribution in [0.15, 0.2) is 66.7 Å². The quantitative estimate of drug-likeness (QED) is 0.489. The Hall–Kier alpha value is -3.80. The molecule has 0 bridgehead atoms. The van der Waals surface area contributed by atoms with Crippen LogP contribution in [0.4, 0.5) is 0 Å². The van der Waals surface area contributed by atoms with Gasteiger partial charge in [-0.3, -0.25) is 9.89 Å². The molecule has 0 saturated heterocycles. The largest absolute Gasteiger partial charge is 0.493 e. The van der Waals surface area contributed by atoms with E-state index in [4.69, 9.17) is 9.47 Å². The summed E-state index contributed by atoms with van der Waals surface area (Å²) in [6.07, 6.45) is 0. The maximum absolute atomic E-state index is 12.8. The van der Waals surface area contributed by atoms with Crippen molar-refractivity contribution in [3.63, 3.8) is 0 Å². The number of benzene rings is 3. The molecular formula is C24H23N3O3.